The van der Waals surface area contributed by atoms with Crippen LogP contribution in [0.4, 0.5) is 0 Å². The maximum absolute atomic E-state index is 10.8. The molecule has 0 saturated heterocycles. The molecule has 1 aromatic carbocycles. The van der Waals surface area contributed by atoms with Crippen molar-refractivity contribution in [2.45, 2.75) is 5.38 Å². The van der Waals surface area contributed by atoms with Crippen LogP contribution in [0, 0.1) is 0 Å². The maximum Gasteiger partial charge on any atom is 0.326 e. The zero-order valence-electron chi connectivity index (χ0n) is 8.55. The number of benzene rings is 1. The molecule has 2 rings (SSSR count). The summed E-state index contributed by atoms with van der Waals surface area (Å²) in [5, 5.41) is 12.1. The van der Waals surface area contributed by atoms with Gasteiger partial charge < -0.3 is 5.11 Å². The summed E-state index contributed by atoms with van der Waals surface area (Å²) in [6.07, 6.45) is 3.38. The molecule has 1 N–H and O–H groups in total. The van der Waals surface area contributed by atoms with E-state index < -0.39 is 11.3 Å². The number of aliphatic carboxylic acids is 1. The molecule has 0 fully saturated rings. The van der Waals surface area contributed by atoms with E-state index in [4.69, 9.17) is 28.3 Å². The summed E-state index contributed by atoms with van der Waals surface area (Å²) < 4.78 is 1.60. The lowest BCUT2D eigenvalue weighted by Crippen LogP contribution is -2.06. The van der Waals surface area contributed by atoms with E-state index in [2.05, 4.69) is 5.10 Å². The van der Waals surface area contributed by atoms with Gasteiger partial charge in [0.25, 0.3) is 0 Å². The fourth-order valence-corrected chi connectivity index (χ4v) is 1.89. The SMILES string of the molecule is O=C(O)C(Cl)c1cc(-n2cccn2)ccc1Cl. The van der Waals surface area contributed by atoms with Gasteiger partial charge in [-0.1, -0.05) is 11.6 Å². The van der Waals surface area contributed by atoms with Gasteiger partial charge in [0.05, 0.1) is 5.69 Å². The van der Waals surface area contributed by atoms with Gasteiger partial charge in [-0.05, 0) is 24.3 Å². The lowest BCUT2D eigenvalue weighted by atomic mass is 10.1. The number of carbonyl (C=O) groups is 1. The lowest BCUT2D eigenvalue weighted by Gasteiger charge is -2.09. The predicted octanol–water partition coefficient (Wildman–Crippen LogP) is 2.89. The Morgan fingerprint density at radius 2 is 2.24 bits per heavy atom. The Kier molecular flexibility index (Phi) is 3.36. The summed E-state index contributed by atoms with van der Waals surface area (Å²) in [4.78, 5) is 10.8. The molecule has 0 aliphatic heterocycles. The highest BCUT2D eigenvalue weighted by Crippen LogP contribution is 2.29. The number of carboxylic acid groups (broad SMARTS) is 1. The van der Waals surface area contributed by atoms with Crippen molar-refractivity contribution in [1.82, 2.24) is 9.78 Å². The zero-order chi connectivity index (χ0) is 12.4. The van der Waals surface area contributed by atoms with Crippen LogP contribution in [-0.2, 0) is 4.79 Å². The fraction of sp³-hybridized carbons (Fsp3) is 0.0909. The molecule has 88 valence electrons. The minimum absolute atomic E-state index is 0.323. The van der Waals surface area contributed by atoms with Crippen molar-refractivity contribution >= 4 is 29.2 Å². The highest BCUT2D eigenvalue weighted by atomic mass is 35.5. The lowest BCUT2D eigenvalue weighted by molar-refractivity contribution is -0.136. The molecular formula is C11H8Cl2N2O2. The van der Waals surface area contributed by atoms with Gasteiger partial charge in [-0.2, -0.15) is 5.10 Å². The van der Waals surface area contributed by atoms with E-state index in [-0.39, 0.29) is 0 Å². The number of aromatic nitrogens is 2. The summed E-state index contributed by atoms with van der Waals surface area (Å²) >= 11 is 11.7. The van der Waals surface area contributed by atoms with Crippen molar-refractivity contribution in [1.29, 1.82) is 0 Å². The molecule has 4 nitrogen and oxygen atoms in total. The Morgan fingerprint density at radius 1 is 1.47 bits per heavy atom. The van der Waals surface area contributed by atoms with Gasteiger partial charge in [0.2, 0.25) is 0 Å². The molecule has 2 aromatic rings. The number of hydrogen-bond donors (Lipinski definition) is 1. The molecule has 0 amide bonds. The summed E-state index contributed by atoms with van der Waals surface area (Å²) in [7, 11) is 0. The quantitative estimate of drug-likeness (QED) is 0.873. The number of carboxylic acids is 1. The van der Waals surface area contributed by atoms with Gasteiger partial charge in [-0.25, -0.2) is 4.68 Å². The molecule has 0 aliphatic carbocycles. The standard InChI is InChI=1S/C11H8Cl2N2O2/c12-9-3-2-7(15-5-1-4-14-15)6-8(9)10(13)11(16)17/h1-6,10H,(H,16,17). The van der Waals surface area contributed by atoms with Crippen molar-refractivity contribution in [2.24, 2.45) is 0 Å². The van der Waals surface area contributed by atoms with Crippen molar-refractivity contribution in [2.75, 3.05) is 0 Å². The van der Waals surface area contributed by atoms with Crippen molar-refractivity contribution in [3.63, 3.8) is 0 Å². The summed E-state index contributed by atoms with van der Waals surface area (Å²) in [5.74, 6) is -1.13. The highest BCUT2D eigenvalue weighted by molar-refractivity contribution is 6.35. The van der Waals surface area contributed by atoms with Crippen LogP contribution in [0.5, 0.6) is 0 Å². The summed E-state index contributed by atoms with van der Waals surface area (Å²) in [6, 6.07) is 6.72. The Balaban J connectivity index is 2.46. The molecular weight excluding hydrogens is 263 g/mol. The molecule has 0 saturated carbocycles. The monoisotopic (exact) mass is 270 g/mol. The van der Waals surface area contributed by atoms with Crippen LogP contribution >= 0.6 is 23.2 Å². The van der Waals surface area contributed by atoms with E-state index in [1.165, 1.54) is 0 Å². The van der Waals surface area contributed by atoms with Crippen molar-refractivity contribution in [3.8, 4) is 5.69 Å². The van der Waals surface area contributed by atoms with E-state index in [0.717, 1.165) is 0 Å². The van der Waals surface area contributed by atoms with Crippen LogP contribution in [0.3, 0.4) is 0 Å². The molecule has 1 heterocycles. The second-order valence-electron chi connectivity index (χ2n) is 3.36. The van der Waals surface area contributed by atoms with Crippen LogP contribution in [0.15, 0.2) is 36.7 Å². The molecule has 1 unspecified atom stereocenters. The van der Waals surface area contributed by atoms with Crippen LogP contribution in [0.1, 0.15) is 10.9 Å². The minimum atomic E-state index is -1.17. The molecule has 0 radical (unpaired) electrons. The normalized spacial score (nSPS) is 12.4. The van der Waals surface area contributed by atoms with Crippen LogP contribution < -0.4 is 0 Å². The Morgan fingerprint density at radius 3 is 2.82 bits per heavy atom. The van der Waals surface area contributed by atoms with Gasteiger partial charge in [-0.15, -0.1) is 11.6 Å². The number of alkyl halides is 1. The van der Waals surface area contributed by atoms with E-state index in [9.17, 15) is 4.79 Å². The maximum atomic E-state index is 10.8. The third-order valence-electron chi connectivity index (χ3n) is 2.24. The second-order valence-corrected chi connectivity index (χ2v) is 4.20. The third-order valence-corrected chi connectivity index (χ3v) is 3.00. The Hall–Kier alpha value is -1.52. The van der Waals surface area contributed by atoms with Crippen LogP contribution in [0.2, 0.25) is 5.02 Å². The molecule has 1 aromatic heterocycles. The van der Waals surface area contributed by atoms with Gasteiger partial charge in [0, 0.05) is 23.0 Å². The molecule has 17 heavy (non-hydrogen) atoms. The van der Waals surface area contributed by atoms with Gasteiger partial charge in [0.1, 0.15) is 0 Å². The topological polar surface area (TPSA) is 55.1 Å². The molecule has 1 atom stereocenters. The zero-order valence-corrected chi connectivity index (χ0v) is 10.1. The van der Waals surface area contributed by atoms with Gasteiger partial charge in [-0.3, -0.25) is 4.79 Å². The first kappa shape index (κ1) is 12.0. The first-order chi connectivity index (χ1) is 8.09. The average molecular weight is 271 g/mol. The van der Waals surface area contributed by atoms with Gasteiger partial charge in [0.15, 0.2) is 5.38 Å². The number of halogens is 2. The highest BCUT2D eigenvalue weighted by Gasteiger charge is 2.20. The number of hydrogen-bond acceptors (Lipinski definition) is 2. The van der Waals surface area contributed by atoms with E-state index in [1.54, 1.807) is 41.3 Å². The molecule has 0 spiro atoms. The Bertz CT molecular complexity index is 540. The van der Waals surface area contributed by atoms with Crippen LogP contribution in [0.25, 0.3) is 5.69 Å². The van der Waals surface area contributed by atoms with Crippen LogP contribution in [-0.4, -0.2) is 20.9 Å². The summed E-state index contributed by atoms with van der Waals surface area (Å²) in [5.41, 5.74) is 1.06. The second kappa shape index (κ2) is 4.77. The van der Waals surface area contributed by atoms with Crippen molar-refractivity contribution < 1.29 is 9.90 Å². The minimum Gasteiger partial charge on any atom is -0.480 e. The first-order valence-corrected chi connectivity index (χ1v) is 5.57. The predicted molar refractivity (Wildman–Crippen MR) is 64.8 cm³/mol. The Labute approximate surface area is 107 Å². The average Bonchev–Trinajstić information content (AvgIpc) is 2.82. The van der Waals surface area contributed by atoms with Gasteiger partial charge >= 0.3 is 5.97 Å². The number of nitrogens with zero attached hydrogens (tertiary/aromatic N) is 2. The van der Waals surface area contributed by atoms with E-state index in [1.807, 2.05) is 0 Å². The largest absolute Gasteiger partial charge is 0.480 e. The third kappa shape index (κ3) is 2.43. The smallest absolute Gasteiger partial charge is 0.326 e. The molecule has 0 aliphatic rings. The number of rotatable bonds is 3. The van der Waals surface area contributed by atoms with E-state index >= 15 is 0 Å². The van der Waals surface area contributed by atoms with E-state index in [0.29, 0.717) is 16.3 Å². The molecule has 6 heteroatoms. The first-order valence-electron chi connectivity index (χ1n) is 4.76. The van der Waals surface area contributed by atoms with Crippen molar-refractivity contribution in [3.05, 3.63) is 47.2 Å². The fourth-order valence-electron chi connectivity index (χ4n) is 1.42. The molecule has 0 bridgehead atoms. The summed E-state index contributed by atoms with van der Waals surface area (Å²) in [6.45, 7) is 0.